The molecule has 3 N–H and O–H groups in total. The summed E-state index contributed by atoms with van der Waals surface area (Å²) in [5.41, 5.74) is 2.49. The smallest absolute Gasteiger partial charge is 0.326 e. The van der Waals surface area contributed by atoms with Gasteiger partial charge in [-0.1, -0.05) is 90.5 Å². The Bertz CT molecular complexity index is 1320. The summed E-state index contributed by atoms with van der Waals surface area (Å²) in [4.78, 5) is 38.5. The molecule has 3 aromatic carbocycles. The molecule has 2 amide bonds. The van der Waals surface area contributed by atoms with Gasteiger partial charge < -0.3 is 15.7 Å². The van der Waals surface area contributed by atoms with Crippen LogP contribution in [0.25, 0.3) is 11.1 Å². The molecule has 9 heteroatoms. The van der Waals surface area contributed by atoms with Gasteiger partial charge in [0.1, 0.15) is 6.04 Å². The number of carboxylic acids is 1. The molecule has 0 radical (unpaired) electrons. The SMILES string of the molecule is O=C(Cc1c(Cl)cc(Cl)cc1Cl)Nc1cc(-c2ccccc2)ccc1C(=O)N[C@H](C(=O)O)C1CCCCC1. The highest BCUT2D eigenvalue weighted by atomic mass is 35.5. The van der Waals surface area contributed by atoms with E-state index in [9.17, 15) is 19.5 Å². The van der Waals surface area contributed by atoms with Crippen LogP contribution in [-0.2, 0) is 16.0 Å². The van der Waals surface area contributed by atoms with Gasteiger partial charge >= 0.3 is 5.97 Å². The molecule has 0 aromatic heterocycles. The van der Waals surface area contributed by atoms with Crippen LogP contribution in [-0.4, -0.2) is 28.9 Å². The first-order chi connectivity index (χ1) is 18.2. The van der Waals surface area contributed by atoms with Crippen molar-refractivity contribution in [1.29, 1.82) is 0 Å². The van der Waals surface area contributed by atoms with Gasteiger partial charge in [-0.2, -0.15) is 0 Å². The number of nitrogens with one attached hydrogen (secondary N) is 2. The number of amides is 2. The van der Waals surface area contributed by atoms with Crippen molar-refractivity contribution in [2.75, 3.05) is 5.32 Å². The quantitative estimate of drug-likeness (QED) is 0.264. The van der Waals surface area contributed by atoms with E-state index in [2.05, 4.69) is 10.6 Å². The third kappa shape index (κ3) is 6.87. The van der Waals surface area contributed by atoms with Crippen LogP contribution >= 0.6 is 34.8 Å². The maximum atomic E-state index is 13.4. The Hall–Kier alpha value is -3.06. The molecule has 6 nitrogen and oxygen atoms in total. The number of halogens is 3. The number of rotatable bonds is 8. The largest absolute Gasteiger partial charge is 0.480 e. The summed E-state index contributed by atoms with van der Waals surface area (Å²) in [5.74, 6) is -2.22. The molecule has 1 saturated carbocycles. The number of hydrogen-bond acceptors (Lipinski definition) is 3. The van der Waals surface area contributed by atoms with Crippen LogP contribution in [0.3, 0.4) is 0 Å². The molecule has 1 aliphatic carbocycles. The molecule has 0 unspecified atom stereocenters. The zero-order valence-corrected chi connectivity index (χ0v) is 22.7. The van der Waals surface area contributed by atoms with Crippen molar-refractivity contribution in [2.45, 2.75) is 44.6 Å². The molecule has 0 aliphatic heterocycles. The number of carboxylic acid groups (broad SMARTS) is 1. The Morgan fingerprint density at radius 1 is 0.868 bits per heavy atom. The first kappa shape index (κ1) is 28.0. The molecule has 1 aliphatic rings. The number of benzene rings is 3. The highest BCUT2D eigenvalue weighted by Crippen LogP contribution is 2.31. The predicted molar refractivity (Wildman–Crippen MR) is 151 cm³/mol. The zero-order valence-electron chi connectivity index (χ0n) is 20.5. The fourth-order valence-corrected chi connectivity index (χ4v) is 5.77. The predicted octanol–water partition coefficient (Wildman–Crippen LogP) is 7.26. The van der Waals surface area contributed by atoms with E-state index in [1.54, 1.807) is 18.2 Å². The monoisotopic (exact) mass is 572 g/mol. The van der Waals surface area contributed by atoms with Crippen molar-refractivity contribution in [3.63, 3.8) is 0 Å². The molecule has 198 valence electrons. The van der Waals surface area contributed by atoms with Crippen LogP contribution in [0.4, 0.5) is 5.69 Å². The number of hydrogen-bond donors (Lipinski definition) is 3. The van der Waals surface area contributed by atoms with Crippen molar-refractivity contribution < 1.29 is 19.5 Å². The molecular formula is C29H27Cl3N2O4. The summed E-state index contributed by atoms with van der Waals surface area (Å²) >= 11 is 18.5. The van der Waals surface area contributed by atoms with Gasteiger partial charge in [0.15, 0.2) is 0 Å². The second kappa shape index (κ2) is 12.7. The van der Waals surface area contributed by atoms with Crippen molar-refractivity contribution >= 4 is 58.3 Å². The lowest BCUT2D eigenvalue weighted by atomic mass is 9.83. The summed E-state index contributed by atoms with van der Waals surface area (Å²) in [6.45, 7) is 0. The van der Waals surface area contributed by atoms with E-state index in [-0.39, 0.29) is 33.6 Å². The second-order valence-electron chi connectivity index (χ2n) is 9.39. The molecule has 0 heterocycles. The van der Waals surface area contributed by atoms with E-state index in [4.69, 9.17) is 34.8 Å². The minimum atomic E-state index is -1.07. The fourth-order valence-electron chi connectivity index (χ4n) is 4.82. The van der Waals surface area contributed by atoms with Crippen LogP contribution in [0.5, 0.6) is 0 Å². The van der Waals surface area contributed by atoms with Crippen LogP contribution in [0.2, 0.25) is 15.1 Å². The average molecular weight is 574 g/mol. The van der Waals surface area contributed by atoms with E-state index in [1.807, 2.05) is 30.3 Å². The summed E-state index contributed by atoms with van der Waals surface area (Å²) in [5, 5.41) is 16.2. The van der Waals surface area contributed by atoms with E-state index < -0.39 is 23.8 Å². The molecular weight excluding hydrogens is 547 g/mol. The minimum absolute atomic E-state index is 0.138. The number of aliphatic carboxylic acids is 1. The van der Waals surface area contributed by atoms with Gasteiger partial charge in [-0.15, -0.1) is 0 Å². The fraction of sp³-hybridized carbons (Fsp3) is 0.276. The summed E-state index contributed by atoms with van der Waals surface area (Å²) in [6, 6.07) is 16.6. The van der Waals surface area contributed by atoms with Gasteiger partial charge in [0, 0.05) is 15.1 Å². The molecule has 1 atom stereocenters. The molecule has 0 saturated heterocycles. The van der Waals surface area contributed by atoms with Crippen LogP contribution < -0.4 is 10.6 Å². The average Bonchev–Trinajstić information content (AvgIpc) is 2.90. The molecule has 38 heavy (non-hydrogen) atoms. The first-order valence-electron chi connectivity index (χ1n) is 12.4. The van der Waals surface area contributed by atoms with Crippen molar-refractivity contribution in [1.82, 2.24) is 5.32 Å². The van der Waals surface area contributed by atoms with E-state index in [0.717, 1.165) is 43.2 Å². The third-order valence-electron chi connectivity index (χ3n) is 6.76. The maximum absolute atomic E-state index is 13.4. The van der Waals surface area contributed by atoms with Gasteiger partial charge in [-0.05, 0) is 59.7 Å². The number of anilines is 1. The molecule has 1 fully saturated rings. The van der Waals surface area contributed by atoms with E-state index in [0.29, 0.717) is 10.6 Å². The van der Waals surface area contributed by atoms with Gasteiger partial charge in [0.2, 0.25) is 5.91 Å². The van der Waals surface area contributed by atoms with Gasteiger partial charge in [0.05, 0.1) is 17.7 Å². The molecule has 0 bridgehead atoms. The summed E-state index contributed by atoms with van der Waals surface area (Å²) in [6.07, 6.45) is 4.29. The first-order valence-corrected chi connectivity index (χ1v) is 13.5. The third-order valence-corrected chi connectivity index (χ3v) is 7.66. The maximum Gasteiger partial charge on any atom is 0.326 e. The minimum Gasteiger partial charge on any atom is -0.480 e. The second-order valence-corrected chi connectivity index (χ2v) is 10.6. The topological polar surface area (TPSA) is 95.5 Å². The van der Waals surface area contributed by atoms with Gasteiger partial charge in [-0.25, -0.2) is 4.79 Å². The standard InChI is InChI=1S/C29H27Cl3N2O4/c30-20-14-23(31)22(24(32)15-20)16-26(35)33-25-13-19(17-7-3-1-4-8-17)11-12-21(25)28(36)34-27(29(37)38)18-9-5-2-6-10-18/h1,3-4,7-8,11-15,18,27H,2,5-6,9-10,16H2,(H,33,35)(H,34,36)(H,37,38)/t27-/m0/s1. The van der Waals surface area contributed by atoms with Crippen molar-refractivity contribution in [3.8, 4) is 11.1 Å². The Kier molecular flexibility index (Phi) is 9.31. The zero-order chi connectivity index (χ0) is 27.2. The number of carbonyl (C=O) groups is 3. The van der Waals surface area contributed by atoms with Crippen LogP contribution in [0.15, 0.2) is 60.7 Å². The van der Waals surface area contributed by atoms with Crippen molar-refractivity contribution in [3.05, 3.63) is 86.9 Å². The van der Waals surface area contributed by atoms with Gasteiger partial charge in [0.25, 0.3) is 5.91 Å². The molecule has 3 aromatic rings. The van der Waals surface area contributed by atoms with Crippen LogP contribution in [0, 0.1) is 5.92 Å². The Balaban J connectivity index is 1.63. The highest BCUT2D eigenvalue weighted by Gasteiger charge is 2.31. The Morgan fingerprint density at radius 2 is 1.53 bits per heavy atom. The highest BCUT2D eigenvalue weighted by molar-refractivity contribution is 6.39. The number of carbonyl (C=O) groups excluding carboxylic acids is 2. The van der Waals surface area contributed by atoms with Gasteiger partial charge in [-0.3, -0.25) is 9.59 Å². The Morgan fingerprint density at radius 3 is 2.16 bits per heavy atom. The summed E-state index contributed by atoms with van der Waals surface area (Å²) in [7, 11) is 0. The molecule has 4 rings (SSSR count). The van der Waals surface area contributed by atoms with Crippen LogP contribution in [0.1, 0.15) is 48.0 Å². The molecule has 0 spiro atoms. The normalized spacial score (nSPS) is 14.5. The van der Waals surface area contributed by atoms with E-state index in [1.165, 1.54) is 12.1 Å². The lowest BCUT2D eigenvalue weighted by Crippen LogP contribution is -2.46. The summed E-state index contributed by atoms with van der Waals surface area (Å²) < 4.78 is 0. The Labute approximate surface area is 236 Å². The lowest BCUT2D eigenvalue weighted by molar-refractivity contribution is -0.141. The van der Waals surface area contributed by atoms with E-state index >= 15 is 0 Å². The van der Waals surface area contributed by atoms with Crippen molar-refractivity contribution in [2.24, 2.45) is 5.92 Å². The lowest BCUT2D eigenvalue weighted by Gasteiger charge is -2.28.